The molecule has 0 aliphatic carbocycles. The molecule has 120 valence electrons. The molecule has 0 amide bonds. The standard InChI is InChI=1S/C16H28N4.HI/c1-3-4-12-18-16(17)19-13-8-9-14-20(2)15-10-6-5-7-11-15;/h5-7,10-11H,3-4,8-9,12-14H2,1-2H3,(H3,17,18,19);1H. The molecule has 0 unspecified atom stereocenters. The van der Waals surface area contributed by atoms with Crippen LogP contribution in [-0.2, 0) is 0 Å². The summed E-state index contributed by atoms with van der Waals surface area (Å²) in [4.78, 5) is 6.60. The third-order valence-electron chi connectivity index (χ3n) is 3.22. The van der Waals surface area contributed by atoms with E-state index < -0.39 is 0 Å². The minimum Gasteiger partial charge on any atom is -0.375 e. The van der Waals surface area contributed by atoms with Crippen molar-refractivity contribution in [1.29, 1.82) is 0 Å². The number of nitrogens with two attached hydrogens (primary N) is 1. The van der Waals surface area contributed by atoms with Crippen molar-refractivity contribution in [1.82, 2.24) is 5.32 Å². The van der Waals surface area contributed by atoms with E-state index in [-0.39, 0.29) is 24.0 Å². The lowest BCUT2D eigenvalue weighted by atomic mass is 10.2. The summed E-state index contributed by atoms with van der Waals surface area (Å²) in [7, 11) is 2.12. The fourth-order valence-corrected chi connectivity index (χ4v) is 1.92. The Labute approximate surface area is 146 Å². The van der Waals surface area contributed by atoms with E-state index in [1.54, 1.807) is 0 Å². The largest absolute Gasteiger partial charge is 0.375 e. The van der Waals surface area contributed by atoms with Gasteiger partial charge in [-0.25, -0.2) is 0 Å². The minimum atomic E-state index is 0. The molecule has 1 aromatic rings. The SMILES string of the molecule is CCCCNC(N)=NCCCCN(C)c1ccccc1.I. The molecular weight excluding hydrogens is 375 g/mol. The van der Waals surface area contributed by atoms with E-state index in [9.17, 15) is 0 Å². The highest BCUT2D eigenvalue weighted by atomic mass is 127. The average Bonchev–Trinajstić information content (AvgIpc) is 2.48. The maximum Gasteiger partial charge on any atom is 0.188 e. The highest BCUT2D eigenvalue weighted by Crippen LogP contribution is 2.11. The highest BCUT2D eigenvalue weighted by Gasteiger charge is 1.98. The molecule has 5 heteroatoms. The van der Waals surface area contributed by atoms with E-state index in [4.69, 9.17) is 5.73 Å². The molecule has 21 heavy (non-hydrogen) atoms. The average molecular weight is 404 g/mol. The normalized spacial score (nSPS) is 10.9. The monoisotopic (exact) mass is 404 g/mol. The number of unbranched alkanes of at least 4 members (excludes halogenated alkanes) is 2. The molecule has 0 fully saturated rings. The zero-order valence-corrected chi connectivity index (χ0v) is 15.5. The molecule has 0 saturated heterocycles. The van der Waals surface area contributed by atoms with Gasteiger partial charge in [-0.1, -0.05) is 31.5 Å². The first-order valence-electron chi connectivity index (χ1n) is 7.54. The number of hydrogen-bond acceptors (Lipinski definition) is 2. The second-order valence-electron chi connectivity index (χ2n) is 5.01. The lowest BCUT2D eigenvalue weighted by Gasteiger charge is -2.18. The molecular formula is C16H29IN4. The van der Waals surface area contributed by atoms with Gasteiger partial charge in [0.2, 0.25) is 0 Å². The van der Waals surface area contributed by atoms with Crippen LogP contribution in [0.5, 0.6) is 0 Å². The highest BCUT2D eigenvalue weighted by molar-refractivity contribution is 14.0. The number of rotatable bonds is 9. The molecule has 0 aliphatic rings. The van der Waals surface area contributed by atoms with Crippen LogP contribution in [0.1, 0.15) is 32.6 Å². The summed E-state index contributed by atoms with van der Waals surface area (Å²) in [5.41, 5.74) is 7.04. The molecule has 0 saturated carbocycles. The zero-order valence-electron chi connectivity index (χ0n) is 13.2. The molecule has 0 heterocycles. The Hall–Kier alpha value is -0.980. The Balaban J connectivity index is 0.00000400. The number of benzene rings is 1. The number of nitrogens with one attached hydrogen (secondary N) is 1. The molecule has 0 bridgehead atoms. The van der Waals surface area contributed by atoms with E-state index in [0.29, 0.717) is 5.96 Å². The summed E-state index contributed by atoms with van der Waals surface area (Å²) in [6.07, 6.45) is 4.49. The van der Waals surface area contributed by atoms with Crippen molar-refractivity contribution in [3.05, 3.63) is 30.3 Å². The maximum absolute atomic E-state index is 5.78. The number of hydrogen-bond donors (Lipinski definition) is 2. The molecule has 0 spiro atoms. The molecule has 1 aromatic carbocycles. The van der Waals surface area contributed by atoms with Crippen LogP contribution in [0.25, 0.3) is 0 Å². The van der Waals surface area contributed by atoms with Crippen molar-refractivity contribution in [2.24, 2.45) is 10.7 Å². The number of anilines is 1. The van der Waals surface area contributed by atoms with Crippen molar-refractivity contribution < 1.29 is 0 Å². The van der Waals surface area contributed by atoms with Gasteiger partial charge in [0.15, 0.2) is 5.96 Å². The van der Waals surface area contributed by atoms with Crippen LogP contribution in [0.4, 0.5) is 5.69 Å². The Kier molecular flexibility index (Phi) is 12.1. The second kappa shape index (κ2) is 12.7. The van der Waals surface area contributed by atoms with E-state index in [0.717, 1.165) is 38.9 Å². The van der Waals surface area contributed by atoms with Crippen LogP contribution >= 0.6 is 24.0 Å². The predicted octanol–water partition coefficient (Wildman–Crippen LogP) is 3.23. The summed E-state index contributed by atoms with van der Waals surface area (Å²) in [5, 5.41) is 3.13. The van der Waals surface area contributed by atoms with Gasteiger partial charge >= 0.3 is 0 Å². The van der Waals surface area contributed by atoms with Crippen molar-refractivity contribution >= 4 is 35.6 Å². The van der Waals surface area contributed by atoms with E-state index in [1.807, 2.05) is 6.07 Å². The Morgan fingerprint density at radius 2 is 1.90 bits per heavy atom. The third kappa shape index (κ3) is 9.55. The van der Waals surface area contributed by atoms with Gasteiger partial charge in [0.1, 0.15) is 0 Å². The van der Waals surface area contributed by atoms with Crippen LogP contribution in [0.3, 0.4) is 0 Å². The quantitative estimate of drug-likeness (QED) is 0.288. The van der Waals surface area contributed by atoms with Gasteiger partial charge in [0, 0.05) is 32.4 Å². The molecule has 0 atom stereocenters. The van der Waals surface area contributed by atoms with Gasteiger partial charge in [0.25, 0.3) is 0 Å². The van der Waals surface area contributed by atoms with Crippen molar-refractivity contribution in [2.45, 2.75) is 32.6 Å². The lowest BCUT2D eigenvalue weighted by Crippen LogP contribution is -2.32. The second-order valence-corrected chi connectivity index (χ2v) is 5.01. The number of halogens is 1. The molecule has 1 rings (SSSR count). The Bertz CT molecular complexity index is 381. The Morgan fingerprint density at radius 3 is 2.57 bits per heavy atom. The molecule has 4 nitrogen and oxygen atoms in total. The Morgan fingerprint density at radius 1 is 1.19 bits per heavy atom. The van der Waals surface area contributed by atoms with Crippen LogP contribution in [0, 0.1) is 0 Å². The molecule has 0 radical (unpaired) electrons. The molecule has 3 N–H and O–H groups in total. The number of guanidine groups is 1. The number of para-hydroxylation sites is 1. The first kappa shape index (κ1) is 20.0. The topological polar surface area (TPSA) is 53.6 Å². The third-order valence-corrected chi connectivity index (χ3v) is 3.22. The number of aliphatic imine (C=N–C) groups is 1. The van der Waals surface area contributed by atoms with Crippen molar-refractivity contribution in [2.75, 3.05) is 31.6 Å². The smallest absolute Gasteiger partial charge is 0.188 e. The minimum absolute atomic E-state index is 0. The van der Waals surface area contributed by atoms with Gasteiger partial charge in [-0.15, -0.1) is 24.0 Å². The van der Waals surface area contributed by atoms with Crippen LogP contribution in [-0.4, -0.2) is 32.6 Å². The van der Waals surface area contributed by atoms with E-state index in [2.05, 4.69) is 53.4 Å². The van der Waals surface area contributed by atoms with Crippen molar-refractivity contribution in [3.63, 3.8) is 0 Å². The summed E-state index contributed by atoms with van der Waals surface area (Å²) in [6.45, 7) is 4.93. The van der Waals surface area contributed by atoms with Gasteiger partial charge in [-0.05, 0) is 31.4 Å². The zero-order chi connectivity index (χ0) is 14.6. The predicted molar refractivity (Wildman–Crippen MR) is 104 cm³/mol. The van der Waals surface area contributed by atoms with Gasteiger partial charge in [-0.2, -0.15) is 0 Å². The summed E-state index contributed by atoms with van der Waals surface area (Å²) >= 11 is 0. The van der Waals surface area contributed by atoms with E-state index >= 15 is 0 Å². The fraction of sp³-hybridized carbons (Fsp3) is 0.562. The van der Waals surface area contributed by atoms with Gasteiger partial charge in [-0.3, -0.25) is 4.99 Å². The van der Waals surface area contributed by atoms with Crippen LogP contribution in [0.2, 0.25) is 0 Å². The van der Waals surface area contributed by atoms with Crippen molar-refractivity contribution in [3.8, 4) is 0 Å². The fourth-order valence-electron chi connectivity index (χ4n) is 1.92. The summed E-state index contributed by atoms with van der Waals surface area (Å²) < 4.78 is 0. The van der Waals surface area contributed by atoms with Crippen LogP contribution in [0.15, 0.2) is 35.3 Å². The first-order chi connectivity index (χ1) is 9.74. The van der Waals surface area contributed by atoms with Gasteiger partial charge < -0.3 is 16.0 Å². The van der Waals surface area contributed by atoms with Gasteiger partial charge in [0.05, 0.1) is 0 Å². The maximum atomic E-state index is 5.78. The summed E-state index contributed by atoms with van der Waals surface area (Å²) in [6, 6.07) is 10.4. The first-order valence-corrected chi connectivity index (χ1v) is 7.54. The van der Waals surface area contributed by atoms with Crippen LogP contribution < -0.4 is 16.0 Å². The number of nitrogens with zero attached hydrogens (tertiary/aromatic N) is 2. The summed E-state index contributed by atoms with van der Waals surface area (Å²) in [5.74, 6) is 0.579. The molecule has 0 aromatic heterocycles. The molecule has 0 aliphatic heterocycles. The van der Waals surface area contributed by atoms with E-state index in [1.165, 1.54) is 12.1 Å². The lowest BCUT2D eigenvalue weighted by molar-refractivity contribution is 0.718.